The molecule has 26 heavy (non-hydrogen) atoms. The summed E-state index contributed by atoms with van der Waals surface area (Å²) >= 11 is 1.61. The van der Waals surface area contributed by atoms with E-state index in [0.29, 0.717) is 13.2 Å². The lowest BCUT2D eigenvalue weighted by molar-refractivity contribution is -0.116. The number of thiazole rings is 1. The molecule has 6 heteroatoms. The third kappa shape index (κ3) is 5.53. The first-order chi connectivity index (χ1) is 12.7. The lowest BCUT2D eigenvalue weighted by Crippen LogP contribution is -2.20. The maximum absolute atomic E-state index is 11.9. The van der Waals surface area contributed by atoms with Crippen molar-refractivity contribution in [1.82, 2.24) is 15.3 Å². The van der Waals surface area contributed by atoms with Crippen LogP contribution in [0.25, 0.3) is 6.08 Å². The Balaban J connectivity index is 1.52. The third-order valence-electron chi connectivity index (χ3n) is 3.53. The number of hydrogen-bond donors (Lipinski definition) is 1. The van der Waals surface area contributed by atoms with Gasteiger partial charge in [-0.05, 0) is 42.3 Å². The molecule has 2 aromatic heterocycles. The van der Waals surface area contributed by atoms with E-state index in [1.54, 1.807) is 29.8 Å². The van der Waals surface area contributed by atoms with Gasteiger partial charge in [0.25, 0.3) is 0 Å². The number of carbonyl (C=O) groups excluding carboxylic acids is 1. The largest absolute Gasteiger partial charge is 0.487 e. The van der Waals surface area contributed by atoms with Crippen LogP contribution in [0.15, 0.2) is 60.2 Å². The molecular formula is C20H19N3O2S. The van der Waals surface area contributed by atoms with Crippen LogP contribution in [0.5, 0.6) is 5.75 Å². The van der Waals surface area contributed by atoms with Crippen LogP contribution in [0.2, 0.25) is 0 Å². The average molecular weight is 365 g/mol. The molecule has 0 aliphatic heterocycles. The van der Waals surface area contributed by atoms with Gasteiger partial charge in [-0.1, -0.05) is 18.2 Å². The molecule has 0 spiro atoms. The fourth-order valence-corrected chi connectivity index (χ4v) is 2.86. The number of benzene rings is 1. The summed E-state index contributed by atoms with van der Waals surface area (Å²) in [5.74, 6) is 0.590. The molecule has 1 N–H and O–H groups in total. The summed E-state index contributed by atoms with van der Waals surface area (Å²) in [6.07, 6.45) is 6.71. The van der Waals surface area contributed by atoms with Gasteiger partial charge in [0, 0.05) is 30.4 Å². The summed E-state index contributed by atoms with van der Waals surface area (Å²) in [4.78, 5) is 20.3. The molecule has 0 radical (unpaired) electrons. The average Bonchev–Trinajstić information content (AvgIpc) is 3.09. The summed E-state index contributed by atoms with van der Waals surface area (Å²) in [6.45, 7) is 2.86. The van der Waals surface area contributed by atoms with E-state index in [1.165, 1.54) is 6.08 Å². The fraction of sp³-hybridized carbons (Fsp3) is 0.150. The number of pyridine rings is 1. The minimum absolute atomic E-state index is 0.155. The Bertz CT molecular complexity index is 891. The van der Waals surface area contributed by atoms with E-state index in [4.69, 9.17) is 4.74 Å². The van der Waals surface area contributed by atoms with Crippen molar-refractivity contribution in [3.05, 3.63) is 82.1 Å². The smallest absolute Gasteiger partial charge is 0.244 e. The maximum Gasteiger partial charge on any atom is 0.244 e. The second-order valence-electron chi connectivity index (χ2n) is 5.63. The van der Waals surface area contributed by atoms with Crippen molar-refractivity contribution >= 4 is 23.3 Å². The zero-order chi connectivity index (χ0) is 18.2. The van der Waals surface area contributed by atoms with E-state index >= 15 is 0 Å². The number of amides is 1. The van der Waals surface area contributed by atoms with E-state index in [9.17, 15) is 4.79 Å². The molecule has 0 unspecified atom stereocenters. The second kappa shape index (κ2) is 8.92. The van der Waals surface area contributed by atoms with Crippen molar-refractivity contribution in [1.29, 1.82) is 0 Å². The number of nitrogens with one attached hydrogen (secondary N) is 1. The van der Waals surface area contributed by atoms with Crippen LogP contribution < -0.4 is 10.1 Å². The summed E-state index contributed by atoms with van der Waals surface area (Å²) in [6, 6.07) is 11.4. The molecular weight excluding hydrogens is 346 g/mol. The number of rotatable bonds is 7. The van der Waals surface area contributed by atoms with Gasteiger partial charge < -0.3 is 10.1 Å². The quantitative estimate of drug-likeness (QED) is 0.648. The van der Waals surface area contributed by atoms with Gasteiger partial charge in [0.05, 0.1) is 10.7 Å². The second-order valence-corrected chi connectivity index (χ2v) is 6.69. The Morgan fingerprint density at radius 3 is 3.00 bits per heavy atom. The molecule has 5 nitrogen and oxygen atoms in total. The standard InChI is InChI=1S/C20H19N3O2S/c1-15-23-18(14-26-15)13-25-19-6-2-4-16(10-19)7-8-20(24)22-12-17-5-3-9-21-11-17/h2-11,14H,12-13H2,1H3,(H,22,24)/b8-7+. The third-order valence-corrected chi connectivity index (χ3v) is 4.35. The Hall–Kier alpha value is -2.99. The highest BCUT2D eigenvalue weighted by Crippen LogP contribution is 2.17. The summed E-state index contributed by atoms with van der Waals surface area (Å²) in [5, 5.41) is 5.85. The van der Waals surface area contributed by atoms with Crippen molar-refractivity contribution in [2.24, 2.45) is 0 Å². The first kappa shape index (κ1) is 17.8. The fourth-order valence-electron chi connectivity index (χ4n) is 2.26. The van der Waals surface area contributed by atoms with Crippen LogP contribution >= 0.6 is 11.3 Å². The van der Waals surface area contributed by atoms with Crippen molar-refractivity contribution in [2.45, 2.75) is 20.1 Å². The maximum atomic E-state index is 11.9. The molecule has 0 bridgehead atoms. The SMILES string of the molecule is Cc1nc(COc2cccc(/C=C/C(=O)NCc3cccnc3)c2)cs1. The lowest BCUT2D eigenvalue weighted by Gasteiger charge is -2.05. The predicted molar refractivity (Wildman–Crippen MR) is 103 cm³/mol. The van der Waals surface area contributed by atoms with Crippen LogP contribution in [0.4, 0.5) is 0 Å². The summed E-state index contributed by atoms with van der Waals surface area (Å²) in [5.41, 5.74) is 2.78. The number of carbonyl (C=O) groups is 1. The highest BCUT2D eigenvalue weighted by molar-refractivity contribution is 7.09. The number of hydrogen-bond acceptors (Lipinski definition) is 5. The molecule has 1 amide bonds. The number of ether oxygens (including phenoxy) is 1. The molecule has 3 rings (SSSR count). The van der Waals surface area contributed by atoms with E-state index in [-0.39, 0.29) is 5.91 Å². The summed E-state index contributed by atoms with van der Waals surface area (Å²) in [7, 11) is 0. The van der Waals surface area contributed by atoms with Crippen LogP contribution in [0, 0.1) is 6.92 Å². The predicted octanol–water partition coefficient (Wildman–Crippen LogP) is 3.76. The molecule has 0 saturated carbocycles. The van der Waals surface area contributed by atoms with Gasteiger partial charge in [-0.15, -0.1) is 11.3 Å². The summed E-state index contributed by atoms with van der Waals surface area (Å²) < 4.78 is 5.76. The van der Waals surface area contributed by atoms with E-state index < -0.39 is 0 Å². The van der Waals surface area contributed by atoms with Gasteiger partial charge >= 0.3 is 0 Å². The highest BCUT2D eigenvalue weighted by atomic mass is 32.1. The Kier molecular flexibility index (Phi) is 6.11. The van der Waals surface area contributed by atoms with E-state index in [2.05, 4.69) is 15.3 Å². The molecule has 0 atom stereocenters. The molecule has 132 valence electrons. The Morgan fingerprint density at radius 1 is 1.31 bits per heavy atom. The topological polar surface area (TPSA) is 64.1 Å². The van der Waals surface area contributed by atoms with Crippen molar-refractivity contribution in [3.63, 3.8) is 0 Å². The molecule has 0 saturated heterocycles. The molecule has 3 aromatic rings. The monoisotopic (exact) mass is 365 g/mol. The van der Waals surface area contributed by atoms with Gasteiger partial charge in [0.15, 0.2) is 0 Å². The first-order valence-corrected chi connectivity index (χ1v) is 9.06. The first-order valence-electron chi connectivity index (χ1n) is 8.18. The number of aromatic nitrogens is 2. The van der Waals surface area contributed by atoms with Gasteiger partial charge in [0.2, 0.25) is 5.91 Å². The van der Waals surface area contributed by atoms with Gasteiger partial charge in [0.1, 0.15) is 12.4 Å². The Labute approximate surface area is 156 Å². The van der Waals surface area contributed by atoms with Crippen LogP contribution in [-0.2, 0) is 17.9 Å². The van der Waals surface area contributed by atoms with Gasteiger partial charge in [-0.2, -0.15) is 0 Å². The van der Waals surface area contributed by atoms with Crippen LogP contribution in [0.3, 0.4) is 0 Å². The van der Waals surface area contributed by atoms with Crippen molar-refractivity contribution in [2.75, 3.05) is 0 Å². The molecule has 2 heterocycles. The lowest BCUT2D eigenvalue weighted by atomic mass is 10.2. The number of nitrogens with zero attached hydrogens (tertiary/aromatic N) is 2. The highest BCUT2D eigenvalue weighted by Gasteiger charge is 2.01. The normalized spacial score (nSPS) is 10.8. The Morgan fingerprint density at radius 2 is 2.23 bits per heavy atom. The zero-order valence-electron chi connectivity index (χ0n) is 14.4. The molecule has 1 aromatic carbocycles. The van der Waals surface area contributed by atoms with Gasteiger partial charge in [-0.25, -0.2) is 4.98 Å². The van der Waals surface area contributed by atoms with E-state index in [0.717, 1.165) is 27.6 Å². The van der Waals surface area contributed by atoms with Gasteiger partial charge in [-0.3, -0.25) is 9.78 Å². The molecule has 0 aliphatic carbocycles. The van der Waals surface area contributed by atoms with E-state index in [1.807, 2.05) is 48.7 Å². The molecule has 0 fully saturated rings. The minimum Gasteiger partial charge on any atom is -0.487 e. The number of aryl methyl sites for hydroxylation is 1. The molecule has 0 aliphatic rings. The van der Waals surface area contributed by atoms with Crippen molar-refractivity contribution < 1.29 is 9.53 Å². The van der Waals surface area contributed by atoms with Crippen LogP contribution in [0.1, 0.15) is 21.8 Å². The minimum atomic E-state index is -0.155. The zero-order valence-corrected chi connectivity index (χ0v) is 15.2. The van der Waals surface area contributed by atoms with Crippen LogP contribution in [-0.4, -0.2) is 15.9 Å². The van der Waals surface area contributed by atoms with Crippen molar-refractivity contribution in [3.8, 4) is 5.75 Å².